The molecule has 0 bridgehead atoms. The van der Waals surface area contributed by atoms with E-state index in [1.54, 1.807) is 0 Å². The molecule has 96 valence electrons. The fourth-order valence-corrected chi connectivity index (χ4v) is 2.12. The third kappa shape index (κ3) is 9.25. The highest BCUT2D eigenvalue weighted by molar-refractivity contribution is 7.98. The summed E-state index contributed by atoms with van der Waals surface area (Å²) in [5.74, 6) is 1.11. The lowest BCUT2D eigenvalue weighted by atomic mass is 10.1. The van der Waals surface area contributed by atoms with Crippen molar-refractivity contribution in [3.63, 3.8) is 0 Å². The Morgan fingerprint density at radius 1 is 1.38 bits per heavy atom. The molecule has 2 atom stereocenters. The molecule has 0 fully saturated rings. The first-order chi connectivity index (χ1) is 7.60. The first kappa shape index (κ1) is 16.0. The quantitative estimate of drug-likeness (QED) is 0.613. The normalized spacial score (nSPS) is 14.6. The van der Waals surface area contributed by atoms with Gasteiger partial charge in [0.2, 0.25) is 0 Å². The van der Waals surface area contributed by atoms with Crippen LogP contribution in [0.1, 0.15) is 40.0 Å². The molecule has 0 rings (SSSR count). The second-order valence-corrected chi connectivity index (χ2v) is 5.57. The highest BCUT2D eigenvalue weighted by Gasteiger charge is 2.09. The largest absolute Gasteiger partial charge is 0.395 e. The van der Waals surface area contributed by atoms with E-state index in [0.29, 0.717) is 6.04 Å². The maximum atomic E-state index is 9.23. The second-order valence-electron chi connectivity index (χ2n) is 4.59. The van der Waals surface area contributed by atoms with Gasteiger partial charge >= 0.3 is 0 Å². The van der Waals surface area contributed by atoms with Gasteiger partial charge < -0.3 is 10.4 Å². The van der Waals surface area contributed by atoms with E-state index >= 15 is 0 Å². The zero-order valence-electron chi connectivity index (χ0n) is 11.1. The second kappa shape index (κ2) is 10.2. The van der Waals surface area contributed by atoms with Crippen LogP contribution in [0.25, 0.3) is 0 Å². The number of nitrogens with one attached hydrogen (secondary N) is 1. The van der Waals surface area contributed by atoms with Crippen molar-refractivity contribution >= 4 is 11.8 Å². The van der Waals surface area contributed by atoms with E-state index < -0.39 is 0 Å². The molecule has 0 aromatic heterocycles. The fourth-order valence-electron chi connectivity index (χ4n) is 1.60. The molecule has 0 aliphatic heterocycles. The molecular weight excluding hydrogens is 218 g/mol. The van der Waals surface area contributed by atoms with E-state index in [1.807, 2.05) is 11.8 Å². The molecule has 2 nitrogen and oxygen atoms in total. The summed E-state index contributed by atoms with van der Waals surface area (Å²) in [7, 11) is 0. The lowest BCUT2D eigenvalue weighted by molar-refractivity contribution is 0.228. The molecule has 2 unspecified atom stereocenters. The minimum absolute atomic E-state index is 0.244. The predicted octanol–water partition coefficient (Wildman–Crippen LogP) is 2.82. The van der Waals surface area contributed by atoms with Crippen LogP contribution in [0.4, 0.5) is 0 Å². The smallest absolute Gasteiger partial charge is 0.0585 e. The van der Waals surface area contributed by atoms with E-state index in [0.717, 1.165) is 25.0 Å². The highest BCUT2D eigenvalue weighted by Crippen LogP contribution is 2.05. The fraction of sp³-hybridized carbons (Fsp3) is 0.846. The van der Waals surface area contributed by atoms with Gasteiger partial charge in [0, 0.05) is 12.1 Å². The zero-order chi connectivity index (χ0) is 12.4. The topological polar surface area (TPSA) is 32.3 Å². The predicted molar refractivity (Wildman–Crippen MR) is 75.1 cm³/mol. The Morgan fingerprint density at radius 3 is 2.56 bits per heavy atom. The Kier molecular flexibility index (Phi) is 10.2. The van der Waals surface area contributed by atoms with Crippen molar-refractivity contribution in [2.75, 3.05) is 18.6 Å². The van der Waals surface area contributed by atoms with Crippen LogP contribution >= 0.6 is 11.8 Å². The maximum absolute atomic E-state index is 9.23. The Morgan fingerprint density at radius 2 is 2.06 bits per heavy atom. The van der Waals surface area contributed by atoms with E-state index in [4.69, 9.17) is 0 Å². The highest BCUT2D eigenvalue weighted by atomic mass is 32.2. The summed E-state index contributed by atoms with van der Waals surface area (Å²) >= 11 is 1.83. The summed E-state index contributed by atoms with van der Waals surface area (Å²) in [6.45, 7) is 6.70. The summed E-state index contributed by atoms with van der Waals surface area (Å²) in [4.78, 5) is 0. The van der Waals surface area contributed by atoms with E-state index in [9.17, 15) is 5.11 Å². The Bertz CT molecular complexity index is 190. The molecule has 0 aromatic carbocycles. The summed E-state index contributed by atoms with van der Waals surface area (Å²) < 4.78 is 0. The molecule has 0 spiro atoms. The van der Waals surface area contributed by atoms with Gasteiger partial charge in [0.05, 0.1) is 6.61 Å². The standard InChI is InChI=1S/C13H27NOS/c1-11(2)6-5-7-12(3)14-13(10-15)8-9-16-4/h6,12-15H,5,7-10H2,1-4H3. The summed E-state index contributed by atoms with van der Waals surface area (Å²) in [5, 5.41) is 12.7. The van der Waals surface area contributed by atoms with Gasteiger partial charge in [-0.05, 0) is 52.0 Å². The number of aliphatic hydroxyl groups is 1. The Labute approximate surface area is 105 Å². The van der Waals surface area contributed by atoms with Crippen molar-refractivity contribution in [3.8, 4) is 0 Å². The molecule has 0 saturated heterocycles. The molecule has 0 heterocycles. The van der Waals surface area contributed by atoms with Crippen LogP contribution in [0.2, 0.25) is 0 Å². The molecule has 0 radical (unpaired) electrons. The van der Waals surface area contributed by atoms with Crippen LogP contribution in [0.5, 0.6) is 0 Å². The molecule has 0 aliphatic carbocycles. The minimum atomic E-state index is 0.244. The van der Waals surface area contributed by atoms with Crippen LogP contribution < -0.4 is 5.32 Å². The number of thioether (sulfide) groups is 1. The zero-order valence-corrected chi connectivity index (χ0v) is 11.9. The summed E-state index contributed by atoms with van der Waals surface area (Å²) in [6, 6.07) is 0.740. The van der Waals surface area contributed by atoms with E-state index in [1.165, 1.54) is 5.57 Å². The van der Waals surface area contributed by atoms with Gasteiger partial charge in [-0.3, -0.25) is 0 Å². The number of hydrogen-bond donors (Lipinski definition) is 2. The summed E-state index contributed by atoms with van der Waals surface area (Å²) in [5.41, 5.74) is 1.38. The van der Waals surface area contributed by atoms with Crippen LogP contribution in [0.3, 0.4) is 0 Å². The lowest BCUT2D eigenvalue weighted by Gasteiger charge is -2.21. The van der Waals surface area contributed by atoms with Gasteiger partial charge in [-0.25, -0.2) is 0 Å². The summed E-state index contributed by atoms with van der Waals surface area (Å²) in [6.07, 6.45) is 7.68. The van der Waals surface area contributed by atoms with Gasteiger partial charge in [0.1, 0.15) is 0 Å². The SMILES string of the molecule is CSCCC(CO)NC(C)CCC=C(C)C. The van der Waals surface area contributed by atoms with E-state index in [2.05, 4.69) is 38.4 Å². The molecule has 16 heavy (non-hydrogen) atoms. The minimum Gasteiger partial charge on any atom is -0.395 e. The molecule has 2 N–H and O–H groups in total. The third-order valence-electron chi connectivity index (χ3n) is 2.56. The molecule has 0 amide bonds. The molecule has 0 saturated carbocycles. The van der Waals surface area contributed by atoms with Crippen molar-refractivity contribution < 1.29 is 5.11 Å². The van der Waals surface area contributed by atoms with Crippen molar-refractivity contribution in [3.05, 3.63) is 11.6 Å². The number of aliphatic hydroxyl groups excluding tert-OH is 1. The van der Waals surface area contributed by atoms with Gasteiger partial charge in [-0.15, -0.1) is 0 Å². The molecule has 0 aliphatic rings. The van der Waals surface area contributed by atoms with Gasteiger partial charge in [0.15, 0.2) is 0 Å². The molecule has 0 aromatic rings. The van der Waals surface area contributed by atoms with Crippen molar-refractivity contribution in [2.24, 2.45) is 0 Å². The Hall–Kier alpha value is 0.0100. The molecular formula is C13H27NOS. The average Bonchev–Trinajstić information content (AvgIpc) is 2.23. The monoisotopic (exact) mass is 245 g/mol. The first-order valence-electron chi connectivity index (χ1n) is 6.09. The van der Waals surface area contributed by atoms with Crippen LogP contribution in [-0.4, -0.2) is 35.8 Å². The van der Waals surface area contributed by atoms with Gasteiger partial charge in [-0.1, -0.05) is 11.6 Å². The number of allylic oxidation sites excluding steroid dienone is 2. The van der Waals surface area contributed by atoms with Crippen molar-refractivity contribution in [2.45, 2.75) is 52.1 Å². The van der Waals surface area contributed by atoms with Crippen molar-refractivity contribution in [1.82, 2.24) is 5.32 Å². The van der Waals surface area contributed by atoms with Gasteiger partial charge in [-0.2, -0.15) is 11.8 Å². The Balaban J connectivity index is 3.73. The number of hydrogen-bond acceptors (Lipinski definition) is 3. The first-order valence-corrected chi connectivity index (χ1v) is 7.48. The van der Waals surface area contributed by atoms with E-state index in [-0.39, 0.29) is 12.6 Å². The van der Waals surface area contributed by atoms with Crippen LogP contribution in [0.15, 0.2) is 11.6 Å². The van der Waals surface area contributed by atoms with Crippen molar-refractivity contribution in [1.29, 1.82) is 0 Å². The van der Waals surface area contributed by atoms with Crippen LogP contribution in [0, 0.1) is 0 Å². The third-order valence-corrected chi connectivity index (χ3v) is 3.21. The number of rotatable bonds is 9. The van der Waals surface area contributed by atoms with Crippen LogP contribution in [-0.2, 0) is 0 Å². The van der Waals surface area contributed by atoms with Gasteiger partial charge in [0.25, 0.3) is 0 Å². The maximum Gasteiger partial charge on any atom is 0.0585 e. The molecule has 3 heteroatoms. The average molecular weight is 245 g/mol. The lowest BCUT2D eigenvalue weighted by Crippen LogP contribution is -2.39.